The molecule has 0 radical (unpaired) electrons. The van der Waals surface area contributed by atoms with Crippen molar-refractivity contribution < 1.29 is 9.47 Å². The van der Waals surface area contributed by atoms with Gasteiger partial charge in [0.25, 0.3) is 0 Å². The predicted octanol–water partition coefficient (Wildman–Crippen LogP) is 4.01. The highest BCUT2D eigenvalue weighted by atomic mass is 32.1. The highest BCUT2D eigenvalue weighted by Crippen LogP contribution is 2.32. The molecule has 2 heterocycles. The molecular weight excluding hydrogens is 322 g/mol. The Morgan fingerprint density at radius 3 is 2.58 bits per heavy atom. The molecule has 5 nitrogen and oxygen atoms in total. The van der Waals surface area contributed by atoms with E-state index >= 15 is 0 Å². The van der Waals surface area contributed by atoms with Gasteiger partial charge in [0.2, 0.25) is 0 Å². The summed E-state index contributed by atoms with van der Waals surface area (Å²) in [5.74, 6) is 1.48. The van der Waals surface area contributed by atoms with Crippen LogP contribution in [0, 0.1) is 6.92 Å². The lowest BCUT2D eigenvalue weighted by atomic mass is 10.2. The minimum atomic E-state index is 0.531. The minimum Gasteiger partial charge on any atom is -0.493 e. The highest BCUT2D eigenvalue weighted by Gasteiger charge is 2.09. The van der Waals surface area contributed by atoms with Crippen LogP contribution in [0.15, 0.2) is 48.8 Å². The number of hydrogen-bond donors (Lipinski definition) is 1. The zero-order valence-electron chi connectivity index (χ0n) is 13.7. The zero-order valence-corrected chi connectivity index (χ0v) is 14.5. The van der Waals surface area contributed by atoms with Crippen LogP contribution in [0.5, 0.6) is 11.5 Å². The van der Waals surface area contributed by atoms with Crippen LogP contribution in [-0.4, -0.2) is 30.2 Å². The number of thiazole rings is 1. The normalized spacial score (nSPS) is 10.4. The molecule has 0 saturated carbocycles. The quantitative estimate of drug-likeness (QED) is 0.658. The molecule has 124 valence electrons. The van der Waals surface area contributed by atoms with Crippen LogP contribution in [0.4, 0.5) is 5.13 Å². The van der Waals surface area contributed by atoms with Gasteiger partial charge in [-0.05, 0) is 36.8 Å². The molecule has 0 bridgehead atoms. The fraction of sp³-hybridized carbons (Fsp3) is 0.222. The van der Waals surface area contributed by atoms with E-state index in [2.05, 4.69) is 15.3 Å². The molecule has 0 saturated heterocycles. The third kappa shape index (κ3) is 3.83. The van der Waals surface area contributed by atoms with Gasteiger partial charge in [-0.15, -0.1) is 0 Å². The van der Waals surface area contributed by atoms with Crippen LogP contribution >= 0.6 is 11.3 Å². The average molecular weight is 341 g/mol. The maximum atomic E-state index is 5.75. The van der Waals surface area contributed by atoms with Crippen LogP contribution < -0.4 is 14.8 Å². The van der Waals surface area contributed by atoms with Crippen molar-refractivity contribution in [1.82, 2.24) is 9.97 Å². The Kier molecular flexibility index (Phi) is 5.28. The molecule has 1 aromatic carbocycles. The van der Waals surface area contributed by atoms with E-state index in [0.717, 1.165) is 32.8 Å². The summed E-state index contributed by atoms with van der Waals surface area (Å²) >= 11 is 1.64. The monoisotopic (exact) mass is 341 g/mol. The van der Waals surface area contributed by atoms with Gasteiger partial charge in [-0.2, -0.15) is 0 Å². The van der Waals surface area contributed by atoms with Gasteiger partial charge >= 0.3 is 0 Å². The third-order valence-corrected chi connectivity index (χ3v) is 4.61. The van der Waals surface area contributed by atoms with E-state index in [1.807, 2.05) is 43.3 Å². The van der Waals surface area contributed by atoms with Crippen LogP contribution in [0.2, 0.25) is 0 Å². The molecule has 0 aliphatic heterocycles. The summed E-state index contributed by atoms with van der Waals surface area (Å²) in [5.41, 5.74) is 2.15. The number of benzene rings is 1. The lowest BCUT2D eigenvalue weighted by molar-refractivity contribution is 0.306. The Bertz CT molecular complexity index is 790. The van der Waals surface area contributed by atoms with Crippen LogP contribution in [0.1, 0.15) is 5.69 Å². The molecule has 1 N–H and O–H groups in total. The topological polar surface area (TPSA) is 56.3 Å². The van der Waals surface area contributed by atoms with Gasteiger partial charge < -0.3 is 14.8 Å². The summed E-state index contributed by atoms with van der Waals surface area (Å²) in [6.07, 6.45) is 3.59. The summed E-state index contributed by atoms with van der Waals surface area (Å²) in [6.45, 7) is 3.22. The second-order valence-corrected chi connectivity index (χ2v) is 6.09. The molecule has 3 aromatic rings. The van der Waals surface area contributed by atoms with Gasteiger partial charge in [0.05, 0.1) is 24.2 Å². The largest absolute Gasteiger partial charge is 0.493 e. The first kappa shape index (κ1) is 16.3. The van der Waals surface area contributed by atoms with Crippen molar-refractivity contribution in [1.29, 1.82) is 0 Å². The Morgan fingerprint density at radius 1 is 1.08 bits per heavy atom. The first-order valence-corrected chi connectivity index (χ1v) is 8.47. The van der Waals surface area contributed by atoms with Gasteiger partial charge in [0, 0.05) is 12.4 Å². The van der Waals surface area contributed by atoms with Crippen LogP contribution in [-0.2, 0) is 0 Å². The molecule has 24 heavy (non-hydrogen) atoms. The van der Waals surface area contributed by atoms with E-state index in [9.17, 15) is 0 Å². The van der Waals surface area contributed by atoms with E-state index in [1.54, 1.807) is 30.8 Å². The molecule has 0 atom stereocenters. The Balaban J connectivity index is 1.56. The molecule has 3 rings (SSSR count). The standard InChI is InChI=1S/C18H19N3O2S/c1-13-17(14-7-9-19-10-8-14)24-18(21-13)20-11-12-23-16-6-4-3-5-15(16)22-2/h3-10H,11-12H2,1-2H3,(H,20,21). The van der Waals surface area contributed by atoms with E-state index in [0.29, 0.717) is 13.2 Å². The summed E-state index contributed by atoms with van der Waals surface area (Å²) in [4.78, 5) is 9.78. The smallest absolute Gasteiger partial charge is 0.183 e. The summed E-state index contributed by atoms with van der Waals surface area (Å²) in [7, 11) is 1.64. The maximum Gasteiger partial charge on any atom is 0.183 e. The number of nitrogens with zero attached hydrogens (tertiary/aromatic N) is 2. The summed E-state index contributed by atoms with van der Waals surface area (Å²) < 4.78 is 11.0. The van der Waals surface area contributed by atoms with E-state index in [1.165, 1.54) is 0 Å². The highest BCUT2D eigenvalue weighted by molar-refractivity contribution is 7.19. The summed E-state index contributed by atoms with van der Waals surface area (Å²) in [5, 5.41) is 4.20. The zero-order chi connectivity index (χ0) is 16.8. The minimum absolute atomic E-state index is 0.531. The van der Waals surface area contributed by atoms with Gasteiger partial charge in [0.15, 0.2) is 16.6 Å². The van der Waals surface area contributed by atoms with Gasteiger partial charge in [-0.3, -0.25) is 4.98 Å². The third-order valence-electron chi connectivity index (χ3n) is 3.44. The number of para-hydroxylation sites is 2. The Morgan fingerprint density at radius 2 is 1.83 bits per heavy atom. The van der Waals surface area contributed by atoms with Crippen molar-refractivity contribution in [2.45, 2.75) is 6.92 Å². The molecule has 0 aliphatic carbocycles. The Hall–Kier alpha value is -2.60. The molecule has 2 aromatic heterocycles. The number of methoxy groups -OCH3 is 1. The number of rotatable bonds is 7. The number of hydrogen-bond acceptors (Lipinski definition) is 6. The van der Waals surface area contributed by atoms with E-state index in [4.69, 9.17) is 9.47 Å². The number of aryl methyl sites for hydroxylation is 1. The van der Waals surface area contributed by atoms with Gasteiger partial charge in [0.1, 0.15) is 6.61 Å². The van der Waals surface area contributed by atoms with Crippen LogP contribution in [0.25, 0.3) is 10.4 Å². The number of nitrogens with one attached hydrogen (secondary N) is 1. The van der Waals surface area contributed by atoms with Gasteiger partial charge in [-0.1, -0.05) is 23.5 Å². The SMILES string of the molecule is COc1ccccc1OCCNc1nc(C)c(-c2ccncc2)s1. The lowest BCUT2D eigenvalue weighted by Gasteiger charge is -2.10. The van der Waals surface area contributed by atoms with E-state index < -0.39 is 0 Å². The predicted molar refractivity (Wildman–Crippen MR) is 97.1 cm³/mol. The molecule has 0 spiro atoms. The fourth-order valence-corrected chi connectivity index (χ4v) is 3.30. The average Bonchev–Trinajstić information content (AvgIpc) is 3.00. The molecule has 0 fully saturated rings. The van der Waals surface area contributed by atoms with Gasteiger partial charge in [-0.25, -0.2) is 4.98 Å². The van der Waals surface area contributed by atoms with Crippen molar-refractivity contribution in [3.05, 3.63) is 54.5 Å². The number of pyridine rings is 1. The first-order valence-electron chi connectivity index (χ1n) is 7.65. The second kappa shape index (κ2) is 7.79. The maximum absolute atomic E-state index is 5.75. The fourth-order valence-electron chi connectivity index (χ4n) is 2.30. The van der Waals surface area contributed by atoms with Crippen molar-refractivity contribution in [2.24, 2.45) is 0 Å². The molecule has 0 aliphatic rings. The summed E-state index contributed by atoms with van der Waals surface area (Å²) in [6, 6.07) is 11.6. The van der Waals surface area contributed by atoms with Crippen LogP contribution in [0.3, 0.4) is 0 Å². The Labute approximate surface area is 145 Å². The van der Waals surface area contributed by atoms with Crippen molar-refractivity contribution in [3.8, 4) is 21.9 Å². The van der Waals surface area contributed by atoms with Crippen molar-refractivity contribution >= 4 is 16.5 Å². The molecular formula is C18H19N3O2S. The molecule has 0 unspecified atom stereocenters. The molecule has 6 heteroatoms. The number of ether oxygens (including phenoxy) is 2. The first-order chi connectivity index (χ1) is 11.8. The number of anilines is 1. The van der Waals surface area contributed by atoms with E-state index in [-0.39, 0.29) is 0 Å². The van der Waals surface area contributed by atoms with Crippen molar-refractivity contribution in [3.63, 3.8) is 0 Å². The van der Waals surface area contributed by atoms with Crippen molar-refractivity contribution in [2.75, 3.05) is 25.6 Å². The molecule has 0 amide bonds. The second-order valence-electron chi connectivity index (χ2n) is 5.10. The lowest BCUT2D eigenvalue weighted by Crippen LogP contribution is -2.11. The number of aromatic nitrogens is 2.